The van der Waals surface area contributed by atoms with Crippen LogP contribution in [0.1, 0.15) is 24.5 Å². The molecule has 0 unspecified atom stereocenters. The zero-order chi connectivity index (χ0) is 17.8. The van der Waals surface area contributed by atoms with Crippen LogP contribution in [-0.2, 0) is 9.53 Å². The van der Waals surface area contributed by atoms with Crippen LogP contribution in [0.25, 0.3) is 6.08 Å². The van der Waals surface area contributed by atoms with Crippen molar-refractivity contribution >= 4 is 41.1 Å². The number of halogens is 2. The van der Waals surface area contributed by atoms with Gasteiger partial charge in [-0.15, -0.1) is 0 Å². The maximum absolute atomic E-state index is 12.0. The van der Waals surface area contributed by atoms with Gasteiger partial charge in [-0.2, -0.15) is 0 Å². The third-order valence-electron chi connectivity index (χ3n) is 3.44. The molecule has 1 aliphatic heterocycles. The van der Waals surface area contributed by atoms with E-state index in [0.717, 1.165) is 17.7 Å². The number of hydrogen-bond acceptors (Lipinski definition) is 4. The second-order valence-corrected chi connectivity index (χ2v) is 6.20. The first kappa shape index (κ1) is 17.5. The SMILES string of the molecule is CCCOc1ccc(/C=C2\N=C(c3ccc(Cl)c(Cl)c3)OC2=O)cc1. The third-order valence-corrected chi connectivity index (χ3v) is 4.18. The number of aliphatic imine (C=N–C) groups is 1. The van der Waals surface area contributed by atoms with Crippen molar-refractivity contribution in [2.45, 2.75) is 13.3 Å². The molecule has 0 atom stereocenters. The summed E-state index contributed by atoms with van der Waals surface area (Å²) < 4.78 is 10.8. The normalized spacial score (nSPS) is 15.2. The van der Waals surface area contributed by atoms with Crippen molar-refractivity contribution in [3.8, 4) is 5.75 Å². The van der Waals surface area contributed by atoms with Gasteiger partial charge in [0.05, 0.1) is 16.7 Å². The standard InChI is InChI=1S/C19H15Cl2NO3/c1-2-9-24-14-6-3-12(4-7-14)10-17-19(23)25-18(22-17)13-5-8-15(20)16(21)11-13/h3-8,10-11H,2,9H2,1H3/b17-10-. The minimum absolute atomic E-state index is 0.206. The lowest BCUT2D eigenvalue weighted by molar-refractivity contribution is -0.129. The molecule has 2 aromatic rings. The molecule has 0 spiro atoms. The zero-order valence-corrected chi connectivity index (χ0v) is 15.0. The summed E-state index contributed by atoms with van der Waals surface area (Å²) in [7, 11) is 0. The van der Waals surface area contributed by atoms with E-state index in [1.54, 1.807) is 24.3 Å². The molecule has 0 N–H and O–H groups in total. The summed E-state index contributed by atoms with van der Waals surface area (Å²) in [6.07, 6.45) is 2.61. The summed E-state index contributed by atoms with van der Waals surface area (Å²) in [6, 6.07) is 12.4. The second kappa shape index (κ2) is 7.72. The molecular formula is C19H15Cl2NO3. The molecule has 0 fully saturated rings. The summed E-state index contributed by atoms with van der Waals surface area (Å²) >= 11 is 11.9. The summed E-state index contributed by atoms with van der Waals surface area (Å²) in [4.78, 5) is 16.3. The average Bonchev–Trinajstić information content (AvgIpc) is 2.97. The van der Waals surface area contributed by atoms with Gasteiger partial charge in [0.25, 0.3) is 0 Å². The number of benzene rings is 2. The van der Waals surface area contributed by atoms with Gasteiger partial charge in [0.1, 0.15) is 5.75 Å². The molecule has 0 radical (unpaired) electrons. The molecule has 0 bridgehead atoms. The predicted molar refractivity (Wildman–Crippen MR) is 99.3 cm³/mol. The summed E-state index contributed by atoms with van der Waals surface area (Å²) in [5, 5.41) is 0.800. The Balaban J connectivity index is 1.81. The molecule has 1 aliphatic rings. The molecular weight excluding hydrogens is 361 g/mol. The Labute approximate surface area is 155 Å². The largest absolute Gasteiger partial charge is 0.494 e. The van der Waals surface area contributed by atoms with E-state index < -0.39 is 5.97 Å². The van der Waals surface area contributed by atoms with E-state index in [-0.39, 0.29) is 11.6 Å². The molecule has 6 heteroatoms. The predicted octanol–water partition coefficient (Wildman–Crippen LogP) is 5.13. The van der Waals surface area contributed by atoms with E-state index in [1.807, 2.05) is 31.2 Å². The Morgan fingerprint density at radius 3 is 2.56 bits per heavy atom. The van der Waals surface area contributed by atoms with Crippen LogP contribution in [0.2, 0.25) is 10.0 Å². The third kappa shape index (κ3) is 4.21. The van der Waals surface area contributed by atoms with Crippen LogP contribution in [0.5, 0.6) is 5.75 Å². The van der Waals surface area contributed by atoms with Crippen molar-refractivity contribution in [1.82, 2.24) is 0 Å². The van der Waals surface area contributed by atoms with Crippen LogP contribution in [0.4, 0.5) is 0 Å². The Hall–Kier alpha value is -2.30. The van der Waals surface area contributed by atoms with E-state index in [0.29, 0.717) is 22.2 Å². The van der Waals surface area contributed by atoms with Crippen molar-refractivity contribution in [3.63, 3.8) is 0 Å². The summed E-state index contributed by atoms with van der Waals surface area (Å²) in [5.41, 5.74) is 1.65. The highest BCUT2D eigenvalue weighted by Gasteiger charge is 2.24. The van der Waals surface area contributed by atoms with Gasteiger partial charge in [-0.3, -0.25) is 0 Å². The molecule has 0 saturated carbocycles. The smallest absolute Gasteiger partial charge is 0.363 e. The fraction of sp³-hybridized carbons (Fsp3) is 0.158. The number of ether oxygens (including phenoxy) is 2. The quantitative estimate of drug-likeness (QED) is 0.537. The molecule has 4 nitrogen and oxygen atoms in total. The van der Waals surface area contributed by atoms with E-state index >= 15 is 0 Å². The van der Waals surface area contributed by atoms with Gasteiger partial charge in [-0.05, 0) is 48.4 Å². The van der Waals surface area contributed by atoms with Crippen LogP contribution < -0.4 is 4.74 Å². The van der Waals surface area contributed by atoms with Gasteiger partial charge in [0.2, 0.25) is 5.90 Å². The Kier molecular flexibility index (Phi) is 5.41. The highest BCUT2D eigenvalue weighted by molar-refractivity contribution is 6.42. The Morgan fingerprint density at radius 1 is 1.12 bits per heavy atom. The zero-order valence-electron chi connectivity index (χ0n) is 13.5. The lowest BCUT2D eigenvalue weighted by Crippen LogP contribution is -2.05. The van der Waals surface area contributed by atoms with E-state index in [9.17, 15) is 4.79 Å². The molecule has 3 rings (SSSR count). The minimum atomic E-state index is -0.507. The molecule has 25 heavy (non-hydrogen) atoms. The second-order valence-electron chi connectivity index (χ2n) is 5.38. The summed E-state index contributed by atoms with van der Waals surface area (Å²) in [6.45, 7) is 2.72. The highest BCUT2D eigenvalue weighted by Crippen LogP contribution is 2.26. The van der Waals surface area contributed by atoms with Crippen LogP contribution >= 0.6 is 23.2 Å². The van der Waals surface area contributed by atoms with Crippen molar-refractivity contribution in [3.05, 3.63) is 69.3 Å². The number of carbonyl (C=O) groups excluding carboxylic acids is 1. The number of nitrogens with zero attached hydrogens (tertiary/aromatic N) is 1. The molecule has 0 amide bonds. The molecule has 0 aromatic heterocycles. The van der Waals surface area contributed by atoms with Crippen molar-refractivity contribution < 1.29 is 14.3 Å². The average molecular weight is 376 g/mol. The van der Waals surface area contributed by atoms with Crippen LogP contribution in [0.15, 0.2) is 53.2 Å². The molecule has 0 aliphatic carbocycles. The number of hydrogen-bond donors (Lipinski definition) is 0. The van der Waals surface area contributed by atoms with Crippen LogP contribution in [0, 0.1) is 0 Å². The first-order valence-electron chi connectivity index (χ1n) is 7.77. The van der Waals surface area contributed by atoms with Gasteiger partial charge < -0.3 is 9.47 Å². The molecule has 2 aromatic carbocycles. The number of cyclic esters (lactones) is 1. The van der Waals surface area contributed by atoms with Crippen molar-refractivity contribution in [1.29, 1.82) is 0 Å². The number of carbonyl (C=O) groups is 1. The topological polar surface area (TPSA) is 47.9 Å². The van der Waals surface area contributed by atoms with Gasteiger partial charge >= 0.3 is 5.97 Å². The maximum atomic E-state index is 12.0. The van der Waals surface area contributed by atoms with Crippen LogP contribution in [-0.4, -0.2) is 18.5 Å². The van der Waals surface area contributed by atoms with Gasteiger partial charge in [0, 0.05) is 5.56 Å². The van der Waals surface area contributed by atoms with Gasteiger partial charge in [0.15, 0.2) is 5.70 Å². The highest BCUT2D eigenvalue weighted by atomic mass is 35.5. The number of esters is 1. The fourth-order valence-corrected chi connectivity index (χ4v) is 2.50. The number of rotatable bonds is 5. The van der Waals surface area contributed by atoms with Crippen molar-refractivity contribution in [2.75, 3.05) is 6.61 Å². The molecule has 1 heterocycles. The Bertz CT molecular complexity index is 857. The van der Waals surface area contributed by atoms with Crippen molar-refractivity contribution in [2.24, 2.45) is 4.99 Å². The monoisotopic (exact) mass is 375 g/mol. The lowest BCUT2D eigenvalue weighted by Gasteiger charge is -2.04. The van der Waals surface area contributed by atoms with Gasteiger partial charge in [-0.25, -0.2) is 9.79 Å². The first-order chi connectivity index (χ1) is 12.1. The summed E-state index contributed by atoms with van der Waals surface area (Å²) in [5.74, 6) is 0.489. The fourth-order valence-electron chi connectivity index (χ4n) is 2.20. The van der Waals surface area contributed by atoms with Crippen LogP contribution in [0.3, 0.4) is 0 Å². The lowest BCUT2D eigenvalue weighted by atomic mass is 10.2. The van der Waals surface area contributed by atoms with E-state index in [1.165, 1.54) is 0 Å². The maximum Gasteiger partial charge on any atom is 0.363 e. The van der Waals surface area contributed by atoms with E-state index in [4.69, 9.17) is 32.7 Å². The minimum Gasteiger partial charge on any atom is -0.494 e. The van der Waals surface area contributed by atoms with E-state index in [2.05, 4.69) is 4.99 Å². The van der Waals surface area contributed by atoms with Gasteiger partial charge in [-0.1, -0.05) is 42.3 Å². The molecule has 0 saturated heterocycles. The Morgan fingerprint density at radius 2 is 1.88 bits per heavy atom. The first-order valence-corrected chi connectivity index (χ1v) is 8.53. The molecule has 128 valence electrons.